The zero-order valence-corrected chi connectivity index (χ0v) is 12.2. The first-order chi connectivity index (χ1) is 9.10. The van der Waals surface area contributed by atoms with E-state index >= 15 is 0 Å². The molecule has 1 rings (SSSR count). The van der Waals surface area contributed by atoms with Gasteiger partial charge in [0.15, 0.2) is 0 Å². The summed E-state index contributed by atoms with van der Waals surface area (Å²) in [5, 5.41) is 0. The molecule has 0 saturated heterocycles. The molecule has 0 bridgehead atoms. The highest BCUT2D eigenvalue weighted by Gasteiger charge is 2.14. The van der Waals surface area contributed by atoms with E-state index in [4.69, 9.17) is 10.5 Å². The minimum absolute atomic E-state index is 0.00376. The lowest BCUT2D eigenvalue weighted by Gasteiger charge is -2.24. The van der Waals surface area contributed by atoms with Gasteiger partial charge >= 0.3 is 0 Å². The van der Waals surface area contributed by atoms with E-state index in [0.29, 0.717) is 25.2 Å². The van der Waals surface area contributed by atoms with Gasteiger partial charge in [0.2, 0.25) is 0 Å². The van der Waals surface area contributed by atoms with E-state index < -0.39 is 0 Å². The minimum atomic E-state index is -0.176. The molecule has 1 atom stereocenters. The number of nitrogens with two attached hydrogens (primary N) is 1. The molecule has 1 unspecified atom stereocenters. The van der Waals surface area contributed by atoms with Crippen LogP contribution < -0.4 is 10.6 Å². The van der Waals surface area contributed by atoms with Gasteiger partial charge < -0.3 is 15.4 Å². The highest BCUT2D eigenvalue weighted by molar-refractivity contribution is 5.54. The van der Waals surface area contributed by atoms with Gasteiger partial charge in [-0.05, 0) is 31.9 Å². The van der Waals surface area contributed by atoms with Gasteiger partial charge in [0.1, 0.15) is 5.82 Å². The number of anilines is 1. The van der Waals surface area contributed by atoms with Gasteiger partial charge in [-0.15, -0.1) is 0 Å². The van der Waals surface area contributed by atoms with E-state index in [1.807, 2.05) is 31.9 Å². The maximum atomic E-state index is 14.0. The normalized spacial score (nSPS) is 12.5. The molecule has 0 aliphatic carbocycles. The predicted molar refractivity (Wildman–Crippen MR) is 78.1 cm³/mol. The van der Waals surface area contributed by atoms with Crippen LogP contribution in [0, 0.1) is 5.82 Å². The second kappa shape index (κ2) is 8.12. The van der Waals surface area contributed by atoms with Crippen molar-refractivity contribution < 1.29 is 9.13 Å². The molecule has 0 amide bonds. The Morgan fingerprint density at radius 3 is 2.74 bits per heavy atom. The molecule has 0 aliphatic heterocycles. The third-order valence-corrected chi connectivity index (χ3v) is 3.27. The highest BCUT2D eigenvalue weighted by atomic mass is 19.1. The average Bonchev–Trinajstić information content (AvgIpc) is 2.41. The number of ether oxygens (including phenoxy) is 1. The fraction of sp³-hybridized carbons (Fsp3) is 0.600. The fourth-order valence-electron chi connectivity index (χ4n) is 1.98. The Morgan fingerprint density at radius 2 is 2.11 bits per heavy atom. The van der Waals surface area contributed by atoms with E-state index in [9.17, 15) is 4.39 Å². The van der Waals surface area contributed by atoms with Crippen LogP contribution in [0.2, 0.25) is 0 Å². The zero-order chi connectivity index (χ0) is 14.3. The molecule has 19 heavy (non-hydrogen) atoms. The smallest absolute Gasteiger partial charge is 0.128 e. The predicted octanol–water partition coefficient (Wildman–Crippen LogP) is 2.58. The Bertz CT molecular complexity index is 384. The van der Waals surface area contributed by atoms with E-state index in [2.05, 4.69) is 0 Å². The van der Waals surface area contributed by atoms with E-state index in [1.165, 1.54) is 6.07 Å². The maximum absolute atomic E-state index is 14.0. The van der Waals surface area contributed by atoms with Gasteiger partial charge in [0.25, 0.3) is 0 Å². The molecule has 0 aromatic heterocycles. The molecule has 0 aliphatic rings. The van der Waals surface area contributed by atoms with Crippen LogP contribution in [-0.4, -0.2) is 32.8 Å². The number of halogens is 1. The van der Waals surface area contributed by atoms with E-state index in [-0.39, 0.29) is 11.9 Å². The van der Waals surface area contributed by atoms with Crippen LogP contribution in [0.4, 0.5) is 10.1 Å². The topological polar surface area (TPSA) is 38.5 Å². The van der Waals surface area contributed by atoms with Crippen molar-refractivity contribution >= 4 is 5.69 Å². The Kier molecular flexibility index (Phi) is 6.81. The molecule has 1 aromatic rings. The number of rotatable bonds is 8. The van der Waals surface area contributed by atoms with Crippen LogP contribution >= 0.6 is 0 Å². The van der Waals surface area contributed by atoms with Crippen molar-refractivity contribution in [3.63, 3.8) is 0 Å². The van der Waals surface area contributed by atoms with Crippen molar-refractivity contribution in [1.29, 1.82) is 0 Å². The van der Waals surface area contributed by atoms with Crippen molar-refractivity contribution in [1.82, 2.24) is 0 Å². The average molecular weight is 268 g/mol. The van der Waals surface area contributed by atoms with Gasteiger partial charge in [0.05, 0.1) is 6.61 Å². The largest absolute Gasteiger partial charge is 0.380 e. The van der Waals surface area contributed by atoms with Crippen LogP contribution in [-0.2, 0) is 11.2 Å². The number of likely N-dealkylation sites (N-methyl/N-ethyl adjacent to an activating group) is 1. The second-order valence-electron chi connectivity index (χ2n) is 4.73. The summed E-state index contributed by atoms with van der Waals surface area (Å²) in [6, 6.07) is 5.17. The summed E-state index contributed by atoms with van der Waals surface area (Å²) in [6.07, 6.45) is 1.41. The van der Waals surface area contributed by atoms with E-state index in [0.717, 1.165) is 18.7 Å². The lowest BCUT2D eigenvalue weighted by Crippen LogP contribution is -2.27. The zero-order valence-electron chi connectivity index (χ0n) is 12.2. The van der Waals surface area contributed by atoms with E-state index in [1.54, 1.807) is 6.07 Å². The van der Waals surface area contributed by atoms with Crippen molar-refractivity contribution in [3.8, 4) is 0 Å². The molecule has 4 heteroatoms. The van der Waals surface area contributed by atoms with Gasteiger partial charge in [0, 0.05) is 37.5 Å². The van der Waals surface area contributed by atoms with Gasteiger partial charge in [-0.1, -0.05) is 13.0 Å². The molecular weight excluding hydrogens is 243 g/mol. The second-order valence-corrected chi connectivity index (χ2v) is 4.73. The third kappa shape index (κ3) is 4.80. The molecule has 2 N–H and O–H groups in total. The maximum Gasteiger partial charge on any atom is 0.128 e. The molecule has 3 nitrogen and oxygen atoms in total. The Labute approximate surface area is 115 Å². The van der Waals surface area contributed by atoms with Gasteiger partial charge in [-0.3, -0.25) is 0 Å². The van der Waals surface area contributed by atoms with Crippen LogP contribution in [0.1, 0.15) is 25.8 Å². The Morgan fingerprint density at radius 1 is 1.37 bits per heavy atom. The number of hydrogen-bond acceptors (Lipinski definition) is 3. The Balaban J connectivity index is 2.83. The summed E-state index contributed by atoms with van der Waals surface area (Å²) in [5.74, 6) is -0.176. The number of nitrogens with zero attached hydrogens (tertiary/aromatic N) is 1. The van der Waals surface area contributed by atoms with Crippen molar-refractivity contribution in [2.24, 2.45) is 5.73 Å². The molecule has 1 aromatic carbocycles. The quantitative estimate of drug-likeness (QED) is 0.736. The highest BCUT2D eigenvalue weighted by Crippen LogP contribution is 2.24. The van der Waals surface area contributed by atoms with Crippen molar-refractivity contribution in [2.75, 3.05) is 31.7 Å². The fourth-order valence-corrected chi connectivity index (χ4v) is 1.98. The summed E-state index contributed by atoms with van der Waals surface area (Å²) >= 11 is 0. The van der Waals surface area contributed by atoms with Gasteiger partial charge in [-0.2, -0.15) is 0 Å². The molecule has 0 radical (unpaired) electrons. The minimum Gasteiger partial charge on any atom is -0.380 e. The summed E-state index contributed by atoms with van der Waals surface area (Å²) in [4.78, 5) is 2.02. The van der Waals surface area contributed by atoms with Crippen LogP contribution in [0.25, 0.3) is 0 Å². The van der Waals surface area contributed by atoms with Gasteiger partial charge in [-0.25, -0.2) is 4.39 Å². The van der Waals surface area contributed by atoms with Crippen LogP contribution in [0.15, 0.2) is 18.2 Å². The summed E-state index contributed by atoms with van der Waals surface area (Å²) in [7, 11) is 1.95. The first kappa shape index (κ1) is 15.9. The molecule has 0 fully saturated rings. The number of benzene rings is 1. The molecule has 0 saturated carbocycles. The molecular formula is C15H25FN2O. The Hall–Kier alpha value is -1.13. The summed E-state index contributed by atoms with van der Waals surface area (Å²) < 4.78 is 19.3. The summed E-state index contributed by atoms with van der Waals surface area (Å²) in [5.41, 5.74) is 7.57. The first-order valence-corrected chi connectivity index (χ1v) is 6.91. The van der Waals surface area contributed by atoms with Crippen molar-refractivity contribution in [3.05, 3.63) is 29.6 Å². The molecule has 0 heterocycles. The lowest BCUT2D eigenvalue weighted by molar-refractivity contribution is 0.154. The summed E-state index contributed by atoms with van der Waals surface area (Å²) in [6.45, 7) is 6.07. The molecule has 108 valence electrons. The lowest BCUT2D eigenvalue weighted by atomic mass is 10.0. The van der Waals surface area contributed by atoms with Crippen LogP contribution in [0.3, 0.4) is 0 Å². The third-order valence-electron chi connectivity index (χ3n) is 3.27. The standard InChI is InChI=1S/C15H25FN2O/c1-4-12(17)11-13-14(16)7-6-8-15(13)18(3)9-10-19-5-2/h6-8,12H,4-5,9-11,17H2,1-3H3. The monoisotopic (exact) mass is 268 g/mol. The van der Waals surface area contributed by atoms with Crippen LogP contribution in [0.5, 0.6) is 0 Å². The SMILES string of the molecule is CCOCCN(C)c1cccc(F)c1CC(N)CC. The molecule has 0 spiro atoms. The first-order valence-electron chi connectivity index (χ1n) is 6.91. The number of hydrogen-bond donors (Lipinski definition) is 1. The van der Waals surface area contributed by atoms with Crippen molar-refractivity contribution in [2.45, 2.75) is 32.7 Å².